The molecule has 1 heterocycles. The van der Waals surface area contributed by atoms with Gasteiger partial charge in [0.15, 0.2) is 0 Å². The van der Waals surface area contributed by atoms with Gasteiger partial charge < -0.3 is 0 Å². The molecule has 2 aromatic rings. The lowest BCUT2D eigenvalue weighted by molar-refractivity contribution is -0.129. The second-order valence-corrected chi connectivity index (χ2v) is 6.75. The predicted molar refractivity (Wildman–Crippen MR) is 81.3 cm³/mol. The van der Waals surface area contributed by atoms with Gasteiger partial charge in [0.05, 0.1) is 11.3 Å². The van der Waals surface area contributed by atoms with Gasteiger partial charge in [-0.25, -0.2) is 0 Å². The minimum atomic E-state index is -0.676. The zero-order valence-corrected chi connectivity index (χ0v) is 12.2. The molecule has 3 aliphatic carbocycles. The van der Waals surface area contributed by atoms with Crippen LogP contribution in [0.3, 0.4) is 0 Å². The smallest absolute Gasteiger partial charge is 0.234 e. The number of carbonyl (C=O) groups is 2. The number of nitrogens with one attached hydrogen (secondary N) is 1. The van der Waals surface area contributed by atoms with Crippen molar-refractivity contribution in [2.24, 2.45) is 11.3 Å². The van der Waals surface area contributed by atoms with Crippen LogP contribution in [-0.2, 0) is 9.59 Å². The molecule has 1 aliphatic heterocycles. The molecule has 1 fully saturated rings. The summed E-state index contributed by atoms with van der Waals surface area (Å²) < 4.78 is 0. The zero-order valence-electron chi connectivity index (χ0n) is 12.2. The molecule has 3 heteroatoms. The van der Waals surface area contributed by atoms with Crippen LogP contribution in [0.15, 0.2) is 48.5 Å². The highest BCUT2D eigenvalue weighted by Gasteiger charge is 2.66. The number of imide groups is 1. The third kappa shape index (κ3) is 1.12. The minimum absolute atomic E-state index is 0.0196. The van der Waals surface area contributed by atoms with Crippen LogP contribution in [0.4, 0.5) is 0 Å². The Hall–Kier alpha value is -2.42. The van der Waals surface area contributed by atoms with Crippen molar-refractivity contribution in [3.05, 3.63) is 70.8 Å². The Morgan fingerprint density at radius 3 is 1.91 bits per heavy atom. The molecule has 2 atom stereocenters. The van der Waals surface area contributed by atoms with Crippen LogP contribution in [0.5, 0.6) is 0 Å². The molecule has 22 heavy (non-hydrogen) atoms. The van der Waals surface area contributed by atoms with Crippen LogP contribution in [0.1, 0.15) is 41.0 Å². The first-order chi connectivity index (χ1) is 10.6. The molecule has 0 radical (unpaired) electrons. The first kappa shape index (κ1) is 12.2. The standard InChI is InChI=1S/C19H15NO2/c1-19-15-12-8-4-2-6-10(12)14(11-7-3-5-9-13(11)15)16(19)17(21)20-18(19)22/h2-9,14-16H,1H3,(H,20,21,22)/t14?,15?,16-,19-/m0/s1. The Bertz CT molecular complexity index is 809. The van der Waals surface area contributed by atoms with Crippen LogP contribution in [0.25, 0.3) is 0 Å². The molecular weight excluding hydrogens is 274 g/mol. The molecule has 4 aliphatic rings. The van der Waals surface area contributed by atoms with Crippen LogP contribution < -0.4 is 5.32 Å². The summed E-state index contributed by atoms with van der Waals surface area (Å²) in [4.78, 5) is 25.1. The van der Waals surface area contributed by atoms with Gasteiger partial charge in [-0.05, 0) is 29.2 Å². The summed E-state index contributed by atoms with van der Waals surface area (Å²) >= 11 is 0. The van der Waals surface area contributed by atoms with Crippen molar-refractivity contribution in [1.29, 1.82) is 0 Å². The lowest BCUT2D eigenvalue weighted by Crippen LogP contribution is -2.49. The van der Waals surface area contributed by atoms with E-state index in [1.807, 2.05) is 31.2 Å². The Morgan fingerprint density at radius 2 is 1.36 bits per heavy atom. The maximum atomic E-state index is 12.6. The number of benzene rings is 2. The number of hydrogen-bond donors (Lipinski definition) is 1. The average molecular weight is 289 g/mol. The van der Waals surface area contributed by atoms with Gasteiger partial charge in [0.1, 0.15) is 0 Å². The third-order valence-electron chi connectivity index (χ3n) is 5.87. The summed E-state index contributed by atoms with van der Waals surface area (Å²) in [6.45, 7) is 1.96. The van der Waals surface area contributed by atoms with Gasteiger partial charge in [-0.1, -0.05) is 48.5 Å². The van der Waals surface area contributed by atoms with E-state index in [9.17, 15) is 9.59 Å². The Morgan fingerprint density at radius 1 is 0.864 bits per heavy atom. The van der Waals surface area contributed by atoms with Crippen LogP contribution >= 0.6 is 0 Å². The van der Waals surface area contributed by atoms with Crippen LogP contribution in [0, 0.1) is 11.3 Å². The first-order valence-corrected chi connectivity index (χ1v) is 7.67. The fraction of sp³-hybridized carbons (Fsp3) is 0.263. The molecule has 1 saturated heterocycles. The fourth-order valence-electron chi connectivity index (χ4n) is 5.00. The van der Waals surface area contributed by atoms with E-state index in [1.165, 1.54) is 22.3 Å². The maximum absolute atomic E-state index is 12.6. The van der Waals surface area contributed by atoms with Gasteiger partial charge in [0, 0.05) is 11.8 Å². The Kier molecular flexibility index (Phi) is 2.03. The summed E-state index contributed by atoms with van der Waals surface area (Å²) in [5.74, 6) is -0.599. The maximum Gasteiger partial charge on any atom is 0.234 e. The Balaban J connectivity index is 1.92. The topological polar surface area (TPSA) is 46.2 Å². The molecule has 2 aromatic carbocycles. The van der Waals surface area contributed by atoms with Crippen molar-refractivity contribution in [1.82, 2.24) is 5.32 Å². The van der Waals surface area contributed by atoms with E-state index in [2.05, 4.69) is 29.6 Å². The zero-order chi connectivity index (χ0) is 15.1. The molecule has 2 bridgehead atoms. The third-order valence-corrected chi connectivity index (χ3v) is 5.87. The normalized spacial score (nSPS) is 34.0. The summed E-state index contributed by atoms with van der Waals surface area (Å²) in [7, 11) is 0. The number of rotatable bonds is 0. The second-order valence-electron chi connectivity index (χ2n) is 6.75. The lowest BCUT2D eigenvalue weighted by atomic mass is 9.48. The molecule has 1 N–H and O–H groups in total. The van der Waals surface area contributed by atoms with E-state index in [1.54, 1.807) is 0 Å². The molecule has 0 spiro atoms. The first-order valence-electron chi connectivity index (χ1n) is 7.67. The van der Waals surface area contributed by atoms with E-state index >= 15 is 0 Å². The van der Waals surface area contributed by atoms with E-state index in [0.29, 0.717) is 0 Å². The summed E-state index contributed by atoms with van der Waals surface area (Å²) in [6.07, 6.45) is 0. The summed E-state index contributed by atoms with van der Waals surface area (Å²) in [6, 6.07) is 16.5. The SMILES string of the molecule is C[C@@]12C(=O)NC(=O)[C@@H]1C1c3ccccc3C2c2ccccc21. The van der Waals surface area contributed by atoms with Crippen molar-refractivity contribution in [3.63, 3.8) is 0 Å². The number of amides is 2. The molecule has 0 aromatic heterocycles. The van der Waals surface area contributed by atoms with Gasteiger partial charge in [-0.15, -0.1) is 0 Å². The van der Waals surface area contributed by atoms with Crippen molar-refractivity contribution in [2.45, 2.75) is 18.8 Å². The molecule has 0 unspecified atom stereocenters. The largest absolute Gasteiger partial charge is 0.296 e. The van der Waals surface area contributed by atoms with E-state index in [4.69, 9.17) is 0 Å². The molecule has 3 nitrogen and oxygen atoms in total. The average Bonchev–Trinajstić information content (AvgIpc) is 2.77. The molecular formula is C19H15NO2. The monoisotopic (exact) mass is 289 g/mol. The number of carbonyl (C=O) groups excluding carboxylic acids is 2. The van der Waals surface area contributed by atoms with Gasteiger partial charge in [0.2, 0.25) is 11.8 Å². The second kappa shape index (κ2) is 3.67. The van der Waals surface area contributed by atoms with Crippen molar-refractivity contribution >= 4 is 11.8 Å². The van der Waals surface area contributed by atoms with E-state index in [0.717, 1.165) is 0 Å². The van der Waals surface area contributed by atoms with Gasteiger partial charge in [-0.3, -0.25) is 14.9 Å². The van der Waals surface area contributed by atoms with Crippen molar-refractivity contribution < 1.29 is 9.59 Å². The molecule has 6 rings (SSSR count). The van der Waals surface area contributed by atoms with E-state index < -0.39 is 5.41 Å². The number of hydrogen-bond acceptors (Lipinski definition) is 2. The van der Waals surface area contributed by atoms with Gasteiger partial charge in [0.25, 0.3) is 0 Å². The van der Waals surface area contributed by atoms with Crippen LogP contribution in [-0.4, -0.2) is 11.8 Å². The lowest BCUT2D eigenvalue weighted by Gasteiger charge is -2.51. The van der Waals surface area contributed by atoms with Crippen molar-refractivity contribution in [2.75, 3.05) is 0 Å². The van der Waals surface area contributed by atoms with Crippen LogP contribution in [0.2, 0.25) is 0 Å². The minimum Gasteiger partial charge on any atom is -0.296 e. The fourth-order valence-corrected chi connectivity index (χ4v) is 5.00. The van der Waals surface area contributed by atoms with Gasteiger partial charge in [-0.2, -0.15) is 0 Å². The molecule has 0 saturated carbocycles. The highest BCUT2D eigenvalue weighted by Crippen LogP contribution is 2.65. The predicted octanol–water partition coefficient (Wildman–Crippen LogP) is 2.56. The highest BCUT2D eigenvalue weighted by molar-refractivity contribution is 6.09. The molecule has 2 amide bonds. The highest BCUT2D eigenvalue weighted by atomic mass is 16.2. The Labute approximate surface area is 128 Å². The summed E-state index contributed by atoms with van der Waals surface area (Å²) in [5.41, 5.74) is 4.14. The quantitative estimate of drug-likeness (QED) is 0.758. The van der Waals surface area contributed by atoms with Crippen molar-refractivity contribution in [3.8, 4) is 0 Å². The van der Waals surface area contributed by atoms with E-state index in [-0.39, 0.29) is 29.6 Å². The summed E-state index contributed by atoms with van der Waals surface area (Å²) in [5, 5.41) is 2.59. The molecule has 108 valence electrons. The van der Waals surface area contributed by atoms with Gasteiger partial charge >= 0.3 is 0 Å².